The maximum atomic E-state index is 4.28. The van der Waals surface area contributed by atoms with Gasteiger partial charge in [0.15, 0.2) is 0 Å². The lowest BCUT2D eigenvalue weighted by Gasteiger charge is -2.27. The van der Waals surface area contributed by atoms with Crippen molar-refractivity contribution < 1.29 is 0 Å². The molecule has 3 nitrogen and oxygen atoms in total. The molecule has 1 heterocycles. The second-order valence-electron chi connectivity index (χ2n) is 5.86. The van der Waals surface area contributed by atoms with E-state index in [0.29, 0.717) is 0 Å². The summed E-state index contributed by atoms with van der Waals surface area (Å²) in [5.74, 6) is 0.935. The normalized spacial score (nSPS) is 29.5. The Bertz CT molecular complexity index is 359. The third-order valence-corrected chi connectivity index (χ3v) is 4.27. The molecule has 0 atom stereocenters. The van der Waals surface area contributed by atoms with Gasteiger partial charge in [-0.05, 0) is 44.4 Å². The van der Waals surface area contributed by atoms with Crippen LogP contribution in [0, 0.1) is 5.92 Å². The molecule has 3 heteroatoms. The minimum Gasteiger partial charge on any atom is -0.330 e. The van der Waals surface area contributed by atoms with Crippen molar-refractivity contribution in [1.82, 2.24) is 14.9 Å². The fourth-order valence-electron chi connectivity index (χ4n) is 2.86. The first-order valence-electron chi connectivity index (χ1n) is 7.07. The number of rotatable bonds is 4. The summed E-state index contributed by atoms with van der Waals surface area (Å²) in [5.41, 5.74) is 1.37. The van der Waals surface area contributed by atoms with E-state index in [2.05, 4.69) is 21.8 Å². The number of nitrogens with one attached hydrogen (secondary N) is 1. The van der Waals surface area contributed by atoms with Gasteiger partial charge in [-0.1, -0.05) is 6.92 Å². The highest BCUT2D eigenvalue weighted by Crippen LogP contribution is 2.35. The molecule has 0 radical (unpaired) electrons. The molecule has 2 aliphatic carbocycles. The fraction of sp³-hybridized carbons (Fsp3) is 0.786. The molecule has 0 unspecified atom stereocenters. The van der Waals surface area contributed by atoms with E-state index in [0.717, 1.165) is 24.5 Å². The number of hydrogen-bond donors (Lipinski definition) is 1. The van der Waals surface area contributed by atoms with Gasteiger partial charge in [-0.2, -0.15) is 0 Å². The van der Waals surface area contributed by atoms with Crippen molar-refractivity contribution in [2.45, 2.75) is 64.1 Å². The van der Waals surface area contributed by atoms with Gasteiger partial charge in [0, 0.05) is 24.8 Å². The number of nitrogens with zero attached hydrogens (tertiary/aromatic N) is 2. The summed E-state index contributed by atoms with van der Waals surface area (Å²) >= 11 is 0. The minimum atomic E-state index is 0.730. The Kier molecular flexibility index (Phi) is 3.19. The maximum Gasteiger partial charge on any atom is 0.0951 e. The van der Waals surface area contributed by atoms with E-state index < -0.39 is 0 Å². The highest BCUT2D eigenvalue weighted by molar-refractivity contribution is 5.03. The van der Waals surface area contributed by atoms with Crippen LogP contribution in [0.25, 0.3) is 0 Å². The van der Waals surface area contributed by atoms with Crippen LogP contribution in [0.2, 0.25) is 0 Å². The SMILES string of the molecule is CC1CCC(NCc2cncn2C2CC2)CC1. The molecule has 0 saturated heterocycles. The molecule has 2 fully saturated rings. The first kappa shape index (κ1) is 11.3. The molecular formula is C14H23N3. The van der Waals surface area contributed by atoms with Crippen molar-refractivity contribution in [3.63, 3.8) is 0 Å². The number of hydrogen-bond acceptors (Lipinski definition) is 2. The molecule has 0 aliphatic heterocycles. The molecule has 0 aromatic carbocycles. The Morgan fingerprint density at radius 1 is 1.24 bits per heavy atom. The molecule has 94 valence electrons. The zero-order valence-electron chi connectivity index (χ0n) is 10.7. The van der Waals surface area contributed by atoms with Crippen molar-refractivity contribution in [2.75, 3.05) is 0 Å². The topological polar surface area (TPSA) is 29.9 Å². The zero-order chi connectivity index (χ0) is 11.7. The number of imidazole rings is 1. The summed E-state index contributed by atoms with van der Waals surface area (Å²) in [6.45, 7) is 3.37. The molecule has 3 rings (SSSR count). The second-order valence-corrected chi connectivity index (χ2v) is 5.86. The summed E-state index contributed by atoms with van der Waals surface area (Å²) in [6.07, 6.45) is 12.2. The van der Waals surface area contributed by atoms with E-state index in [1.165, 1.54) is 44.2 Å². The maximum absolute atomic E-state index is 4.28. The van der Waals surface area contributed by atoms with Crippen molar-refractivity contribution >= 4 is 0 Å². The quantitative estimate of drug-likeness (QED) is 0.866. The lowest BCUT2D eigenvalue weighted by molar-refractivity contribution is 0.305. The first-order valence-corrected chi connectivity index (χ1v) is 7.07. The van der Waals surface area contributed by atoms with Crippen LogP contribution in [-0.4, -0.2) is 15.6 Å². The Labute approximate surface area is 104 Å². The smallest absolute Gasteiger partial charge is 0.0951 e. The van der Waals surface area contributed by atoms with Gasteiger partial charge in [0.05, 0.1) is 12.0 Å². The van der Waals surface area contributed by atoms with Crippen LogP contribution in [0.3, 0.4) is 0 Å². The van der Waals surface area contributed by atoms with Crippen molar-refractivity contribution in [2.24, 2.45) is 5.92 Å². The van der Waals surface area contributed by atoms with Crippen molar-refractivity contribution in [1.29, 1.82) is 0 Å². The second kappa shape index (κ2) is 4.81. The molecule has 2 saturated carbocycles. The molecule has 1 aromatic heterocycles. The monoisotopic (exact) mass is 233 g/mol. The highest BCUT2D eigenvalue weighted by Gasteiger charge is 2.25. The zero-order valence-corrected chi connectivity index (χ0v) is 10.7. The van der Waals surface area contributed by atoms with Crippen LogP contribution in [0.1, 0.15) is 57.2 Å². The Morgan fingerprint density at radius 2 is 2.00 bits per heavy atom. The van der Waals surface area contributed by atoms with Crippen LogP contribution >= 0.6 is 0 Å². The third-order valence-electron chi connectivity index (χ3n) is 4.27. The van der Waals surface area contributed by atoms with E-state index in [-0.39, 0.29) is 0 Å². The minimum absolute atomic E-state index is 0.730. The summed E-state index contributed by atoms with van der Waals surface area (Å²) < 4.78 is 2.36. The average Bonchev–Trinajstić information content (AvgIpc) is 3.08. The van der Waals surface area contributed by atoms with Gasteiger partial charge in [0.1, 0.15) is 0 Å². The van der Waals surface area contributed by atoms with Crippen LogP contribution in [0.5, 0.6) is 0 Å². The van der Waals surface area contributed by atoms with E-state index >= 15 is 0 Å². The Hall–Kier alpha value is -0.830. The number of aromatic nitrogens is 2. The van der Waals surface area contributed by atoms with E-state index in [9.17, 15) is 0 Å². The lowest BCUT2D eigenvalue weighted by Crippen LogP contribution is -2.32. The van der Waals surface area contributed by atoms with Gasteiger partial charge in [0.25, 0.3) is 0 Å². The van der Waals surface area contributed by atoms with Gasteiger partial charge in [-0.15, -0.1) is 0 Å². The van der Waals surface area contributed by atoms with Gasteiger partial charge in [0.2, 0.25) is 0 Å². The first-order chi connectivity index (χ1) is 8.33. The van der Waals surface area contributed by atoms with Gasteiger partial charge in [-0.25, -0.2) is 4.98 Å². The van der Waals surface area contributed by atoms with E-state index in [1.54, 1.807) is 0 Å². The van der Waals surface area contributed by atoms with Crippen molar-refractivity contribution in [3.8, 4) is 0 Å². The van der Waals surface area contributed by atoms with Crippen LogP contribution in [0.4, 0.5) is 0 Å². The van der Waals surface area contributed by atoms with E-state index in [4.69, 9.17) is 0 Å². The predicted octanol–water partition coefficient (Wildman–Crippen LogP) is 2.89. The average molecular weight is 233 g/mol. The summed E-state index contributed by atoms with van der Waals surface area (Å²) in [7, 11) is 0. The van der Waals surface area contributed by atoms with Crippen LogP contribution in [-0.2, 0) is 6.54 Å². The Morgan fingerprint density at radius 3 is 2.71 bits per heavy atom. The van der Waals surface area contributed by atoms with Crippen molar-refractivity contribution in [3.05, 3.63) is 18.2 Å². The predicted molar refractivity (Wildman–Crippen MR) is 68.8 cm³/mol. The van der Waals surface area contributed by atoms with Gasteiger partial charge < -0.3 is 9.88 Å². The molecule has 0 bridgehead atoms. The molecule has 1 aromatic rings. The molecule has 0 amide bonds. The largest absolute Gasteiger partial charge is 0.330 e. The third kappa shape index (κ3) is 2.71. The Balaban J connectivity index is 1.51. The van der Waals surface area contributed by atoms with E-state index in [1.807, 2.05) is 12.5 Å². The fourth-order valence-corrected chi connectivity index (χ4v) is 2.86. The summed E-state index contributed by atoms with van der Waals surface area (Å²) in [5, 5.41) is 3.71. The van der Waals surface area contributed by atoms with Gasteiger partial charge >= 0.3 is 0 Å². The summed E-state index contributed by atoms with van der Waals surface area (Å²) in [4.78, 5) is 4.28. The molecule has 17 heavy (non-hydrogen) atoms. The van der Waals surface area contributed by atoms with Crippen LogP contribution in [0.15, 0.2) is 12.5 Å². The summed E-state index contributed by atoms with van der Waals surface area (Å²) in [6, 6.07) is 1.48. The molecule has 2 aliphatic rings. The highest BCUT2D eigenvalue weighted by atomic mass is 15.1. The van der Waals surface area contributed by atoms with Gasteiger partial charge in [-0.3, -0.25) is 0 Å². The van der Waals surface area contributed by atoms with Crippen LogP contribution < -0.4 is 5.32 Å². The standard InChI is InChI=1S/C14H23N3/c1-11-2-4-12(5-3-11)16-9-14-8-15-10-17(14)13-6-7-13/h8,10-13,16H,2-7,9H2,1H3. The molecule has 1 N–H and O–H groups in total. The lowest BCUT2D eigenvalue weighted by atomic mass is 9.87. The molecular weight excluding hydrogens is 210 g/mol. The molecule has 0 spiro atoms.